The maximum absolute atomic E-state index is 13.2. The number of anilines is 2. The third kappa shape index (κ3) is 4.60. The lowest BCUT2D eigenvalue weighted by atomic mass is 10.1. The Kier molecular flexibility index (Phi) is 6.70. The zero-order valence-corrected chi connectivity index (χ0v) is 19.6. The van der Waals surface area contributed by atoms with E-state index in [-0.39, 0.29) is 17.3 Å². The number of aryl methyl sites for hydroxylation is 1. The second kappa shape index (κ2) is 9.67. The Bertz CT molecular complexity index is 1190. The normalized spacial score (nSPS) is 14.5. The monoisotopic (exact) mass is 470 g/mol. The van der Waals surface area contributed by atoms with Gasteiger partial charge in [0.15, 0.2) is 0 Å². The van der Waals surface area contributed by atoms with Gasteiger partial charge in [-0.3, -0.25) is 19.8 Å². The van der Waals surface area contributed by atoms with Crippen LogP contribution >= 0.6 is 11.3 Å². The van der Waals surface area contributed by atoms with Crippen molar-refractivity contribution in [1.29, 1.82) is 0 Å². The number of carbonyl (C=O) groups excluding carboxylic acids is 1. The second-order valence-corrected chi connectivity index (χ2v) is 8.86. The zero-order valence-electron chi connectivity index (χ0n) is 18.8. The molecule has 1 aliphatic rings. The highest BCUT2D eigenvalue weighted by atomic mass is 32.1. The van der Waals surface area contributed by atoms with Crippen LogP contribution in [0.1, 0.15) is 28.6 Å². The SMILES string of the molecule is CCCN1CCN(c2ncnc3sc(C(=O)Nc4cc([N+](=O)[O-])ccc4OC)c(C)c23)CC1. The quantitative estimate of drug-likeness (QED) is 0.411. The number of benzene rings is 1. The van der Waals surface area contributed by atoms with Crippen LogP contribution in [0.15, 0.2) is 24.5 Å². The van der Waals surface area contributed by atoms with E-state index in [1.807, 2.05) is 6.92 Å². The molecule has 4 rings (SSSR count). The number of hydrogen-bond acceptors (Lipinski definition) is 9. The van der Waals surface area contributed by atoms with Crippen LogP contribution in [-0.4, -0.2) is 65.5 Å². The van der Waals surface area contributed by atoms with Crippen molar-refractivity contribution >= 4 is 44.7 Å². The maximum Gasteiger partial charge on any atom is 0.271 e. The van der Waals surface area contributed by atoms with E-state index >= 15 is 0 Å². The zero-order chi connectivity index (χ0) is 23.5. The van der Waals surface area contributed by atoms with Crippen LogP contribution in [0.5, 0.6) is 5.75 Å². The average Bonchev–Trinajstić information content (AvgIpc) is 3.16. The summed E-state index contributed by atoms with van der Waals surface area (Å²) >= 11 is 1.29. The molecule has 3 heterocycles. The van der Waals surface area contributed by atoms with Crippen molar-refractivity contribution in [3.05, 3.63) is 45.1 Å². The number of aromatic nitrogens is 2. The van der Waals surface area contributed by atoms with E-state index in [1.54, 1.807) is 0 Å². The van der Waals surface area contributed by atoms with Gasteiger partial charge in [-0.2, -0.15) is 0 Å². The first-order valence-electron chi connectivity index (χ1n) is 10.8. The minimum absolute atomic E-state index is 0.130. The molecular formula is C22H26N6O4S. The number of nitrogens with zero attached hydrogens (tertiary/aromatic N) is 5. The number of ether oxygens (including phenoxy) is 1. The first-order valence-corrected chi connectivity index (χ1v) is 11.6. The van der Waals surface area contributed by atoms with Crippen molar-refractivity contribution in [3.8, 4) is 5.75 Å². The number of hydrogen-bond donors (Lipinski definition) is 1. The van der Waals surface area contributed by atoms with E-state index in [1.165, 1.54) is 43.0 Å². The minimum Gasteiger partial charge on any atom is -0.495 e. The van der Waals surface area contributed by atoms with Gasteiger partial charge in [0.25, 0.3) is 11.6 Å². The molecule has 1 amide bonds. The molecular weight excluding hydrogens is 444 g/mol. The molecule has 0 spiro atoms. The van der Waals surface area contributed by atoms with Crippen molar-refractivity contribution in [2.45, 2.75) is 20.3 Å². The van der Waals surface area contributed by atoms with Gasteiger partial charge in [0.2, 0.25) is 0 Å². The second-order valence-electron chi connectivity index (χ2n) is 7.86. The fourth-order valence-corrected chi connectivity index (χ4v) is 5.13. The number of non-ortho nitro benzene ring substituents is 1. The summed E-state index contributed by atoms with van der Waals surface area (Å²) in [6, 6.07) is 4.09. The Morgan fingerprint density at radius 1 is 1.27 bits per heavy atom. The van der Waals surface area contributed by atoms with Crippen LogP contribution in [0.25, 0.3) is 10.2 Å². The number of amides is 1. The molecule has 2 aromatic heterocycles. The van der Waals surface area contributed by atoms with Gasteiger partial charge in [0.1, 0.15) is 22.7 Å². The Labute approximate surface area is 195 Å². The molecule has 33 heavy (non-hydrogen) atoms. The van der Waals surface area contributed by atoms with E-state index in [4.69, 9.17) is 4.74 Å². The Morgan fingerprint density at radius 2 is 2.03 bits per heavy atom. The first kappa shape index (κ1) is 22.9. The first-order chi connectivity index (χ1) is 15.9. The number of nitro benzene ring substituents is 1. The lowest BCUT2D eigenvalue weighted by Gasteiger charge is -2.35. The van der Waals surface area contributed by atoms with Crippen LogP contribution in [0, 0.1) is 17.0 Å². The molecule has 0 saturated carbocycles. The summed E-state index contributed by atoms with van der Waals surface area (Å²) in [5.74, 6) is 0.822. The molecule has 10 nitrogen and oxygen atoms in total. The van der Waals surface area contributed by atoms with E-state index in [2.05, 4.69) is 32.0 Å². The van der Waals surface area contributed by atoms with E-state index < -0.39 is 4.92 Å². The van der Waals surface area contributed by atoms with Crippen molar-refractivity contribution in [2.24, 2.45) is 0 Å². The van der Waals surface area contributed by atoms with Crippen LogP contribution < -0.4 is 15.0 Å². The van der Waals surface area contributed by atoms with Gasteiger partial charge in [0, 0.05) is 38.3 Å². The third-order valence-corrected chi connectivity index (χ3v) is 6.97. The summed E-state index contributed by atoms with van der Waals surface area (Å²) in [6.07, 6.45) is 2.67. The molecule has 1 aromatic carbocycles. The van der Waals surface area contributed by atoms with Crippen molar-refractivity contribution in [1.82, 2.24) is 14.9 Å². The molecule has 0 bridgehead atoms. The van der Waals surface area contributed by atoms with E-state index in [0.29, 0.717) is 10.6 Å². The maximum atomic E-state index is 13.2. The number of thiophene rings is 1. The van der Waals surface area contributed by atoms with Gasteiger partial charge >= 0.3 is 0 Å². The third-order valence-electron chi connectivity index (χ3n) is 5.77. The predicted octanol–water partition coefficient (Wildman–Crippen LogP) is 3.70. The molecule has 0 radical (unpaired) electrons. The van der Waals surface area contributed by atoms with Crippen LogP contribution in [0.4, 0.5) is 17.2 Å². The molecule has 0 unspecified atom stereocenters. The fourth-order valence-electron chi connectivity index (χ4n) is 4.10. The lowest BCUT2D eigenvalue weighted by molar-refractivity contribution is -0.384. The number of piperazine rings is 1. The predicted molar refractivity (Wildman–Crippen MR) is 129 cm³/mol. The van der Waals surface area contributed by atoms with Gasteiger partial charge in [-0.05, 0) is 31.5 Å². The molecule has 3 aromatic rings. The summed E-state index contributed by atoms with van der Waals surface area (Å²) in [5.41, 5.74) is 0.907. The summed E-state index contributed by atoms with van der Waals surface area (Å²) in [4.78, 5) is 38.7. The number of nitrogens with one attached hydrogen (secondary N) is 1. The highest BCUT2D eigenvalue weighted by molar-refractivity contribution is 7.20. The number of rotatable bonds is 7. The van der Waals surface area contributed by atoms with Gasteiger partial charge < -0.3 is 15.0 Å². The number of nitro groups is 1. The smallest absolute Gasteiger partial charge is 0.271 e. The Morgan fingerprint density at radius 3 is 2.70 bits per heavy atom. The number of methoxy groups -OCH3 is 1. The molecule has 1 saturated heterocycles. The Balaban J connectivity index is 1.63. The summed E-state index contributed by atoms with van der Waals surface area (Å²) in [5, 5.41) is 14.8. The molecule has 1 aliphatic heterocycles. The molecule has 0 atom stereocenters. The van der Waals surface area contributed by atoms with Gasteiger partial charge in [-0.25, -0.2) is 9.97 Å². The molecule has 1 fully saturated rings. The number of carbonyl (C=O) groups is 1. The minimum atomic E-state index is -0.512. The van der Waals surface area contributed by atoms with E-state index in [0.717, 1.165) is 60.7 Å². The number of fused-ring (bicyclic) bond motifs is 1. The van der Waals surface area contributed by atoms with E-state index in [9.17, 15) is 14.9 Å². The Hall–Kier alpha value is -3.31. The highest BCUT2D eigenvalue weighted by Crippen LogP contribution is 2.36. The molecule has 174 valence electrons. The fraction of sp³-hybridized carbons (Fsp3) is 0.409. The summed E-state index contributed by atoms with van der Waals surface area (Å²) in [6.45, 7) is 8.85. The van der Waals surface area contributed by atoms with Crippen molar-refractivity contribution in [2.75, 3.05) is 50.1 Å². The topological polar surface area (TPSA) is 114 Å². The van der Waals surface area contributed by atoms with Crippen molar-refractivity contribution < 1.29 is 14.5 Å². The van der Waals surface area contributed by atoms with Crippen molar-refractivity contribution in [3.63, 3.8) is 0 Å². The van der Waals surface area contributed by atoms with Gasteiger partial charge in [-0.1, -0.05) is 6.92 Å². The molecule has 0 aliphatic carbocycles. The van der Waals surface area contributed by atoms with Crippen LogP contribution in [0.2, 0.25) is 0 Å². The standard InChI is InChI=1S/C22H26N6O4S/c1-4-7-26-8-10-27(11-9-26)20-18-14(2)19(33-22(18)24-13-23-20)21(29)25-16-12-15(28(30)31)5-6-17(16)32-3/h5-6,12-13H,4,7-11H2,1-3H3,(H,25,29). The highest BCUT2D eigenvalue weighted by Gasteiger charge is 2.25. The van der Waals surface area contributed by atoms with Crippen LogP contribution in [-0.2, 0) is 0 Å². The molecule has 1 N–H and O–H groups in total. The van der Waals surface area contributed by atoms with Gasteiger partial charge in [-0.15, -0.1) is 11.3 Å². The largest absolute Gasteiger partial charge is 0.495 e. The van der Waals surface area contributed by atoms with Gasteiger partial charge in [0.05, 0.1) is 28.0 Å². The lowest BCUT2D eigenvalue weighted by Crippen LogP contribution is -2.46. The summed E-state index contributed by atoms with van der Waals surface area (Å²) < 4.78 is 5.26. The molecule has 11 heteroatoms. The average molecular weight is 471 g/mol. The summed E-state index contributed by atoms with van der Waals surface area (Å²) in [7, 11) is 1.45. The van der Waals surface area contributed by atoms with Crippen LogP contribution in [0.3, 0.4) is 0 Å².